The number of hydrogen-bond acceptors (Lipinski definition) is 7. The van der Waals surface area contributed by atoms with Crippen molar-refractivity contribution in [3.05, 3.63) is 36.4 Å². The number of rotatable bonds is 12. The van der Waals surface area contributed by atoms with Gasteiger partial charge in [-0.2, -0.15) is 0 Å². The summed E-state index contributed by atoms with van der Waals surface area (Å²) in [7, 11) is 0. The number of amides is 3. The maximum Gasteiger partial charge on any atom is 0.326 e. The van der Waals surface area contributed by atoms with Gasteiger partial charge in [-0.3, -0.25) is 14.4 Å². The highest BCUT2D eigenvalue weighted by atomic mass is 16.4. The zero-order chi connectivity index (χ0) is 26.2. The number of likely N-dealkylation sites (tertiary alicyclic amines) is 1. The van der Waals surface area contributed by atoms with Crippen LogP contribution in [0.2, 0.25) is 0 Å². The van der Waals surface area contributed by atoms with Gasteiger partial charge in [-0.25, -0.2) is 14.8 Å². The Morgan fingerprint density at radius 3 is 2.28 bits per heavy atom. The van der Waals surface area contributed by atoms with Gasteiger partial charge in [0.15, 0.2) is 0 Å². The van der Waals surface area contributed by atoms with Crippen LogP contribution in [0, 0.1) is 5.92 Å². The average molecular weight is 503 g/mol. The minimum Gasteiger partial charge on any atom is -0.480 e. The van der Waals surface area contributed by atoms with Crippen molar-refractivity contribution in [2.24, 2.45) is 11.7 Å². The van der Waals surface area contributed by atoms with Crippen molar-refractivity contribution in [2.75, 3.05) is 6.54 Å². The second kappa shape index (κ2) is 12.3. The Kier molecular flexibility index (Phi) is 9.17. The highest BCUT2D eigenvalue weighted by Gasteiger charge is 2.39. The first-order chi connectivity index (χ1) is 17.2. The van der Waals surface area contributed by atoms with E-state index in [0.29, 0.717) is 30.8 Å². The highest BCUT2D eigenvalue weighted by molar-refractivity contribution is 5.94. The minimum atomic E-state index is -1.12. The number of hydrogen-bond donors (Lipinski definition) is 6. The van der Waals surface area contributed by atoms with Crippen LogP contribution in [0.4, 0.5) is 0 Å². The molecule has 0 aliphatic carbocycles. The van der Waals surface area contributed by atoms with Gasteiger partial charge in [-0.15, -0.1) is 0 Å². The number of carbonyl (C=O) groups is 4. The third-order valence-electron chi connectivity index (χ3n) is 6.09. The van der Waals surface area contributed by atoms with Crippen molar-refractivity contribution in [3.8, 4) is 0 Å². The molecule has 2 aromatic heterocycles. The zero-order valence-corrected chi connectivity index (χ0v) is 20.4. The Hall–Kier alpha value is -3.74. The standard InChI is InChI=1S/C23H34N8O5/c1-13(2)6-18(23(35)36)30-21(33)19-4-3-5-31(19)22(34)17(8-15-10-26-12-28-15)29-20(32)16(24)7-14-9-25-11-27-14/h9-13,16-19H,3-8,24H2,1-2H3,(H,25,27)(H,26,28)(H,29,32)(H,30,33)(H,35,36)/t16-,17-,18-,19-/m0/s1. The number of H-pyrrole nitrogens is 2. The molecule has 0 aromatic carbocycles. The van der Waals surface area contributed by atoms with Gasteiger partial charge in [-0.1, -0.05) is 13.8 Å². The van der Waals surface area contributed by atoms with Crippen LogP contribution in [-0.4, -0.2) is 84.3 Å². The second-order valence-corrected chi connectivity index (χ2v) is 9.45. The van der Waals surface area contributed by atoms with Crippen LogP contribution in [0.3, 0.4) is 0 Å². The summed E-state index contributed by atoms with van der Waals surface area (Å²) >= 11 is 0. The molecule has 13 nitrogen and oxygen atoms in total. The summed E-state index contributed by atoms with van der Waals surface area (Å²) in [5.41, 5.74) is 7.36. The molecule has 3 heterocycles. The van der Waals surface area contributed by atoms with E-state index in [2.05, 4.69) is 30.6 Å². The minimum absolute atomic E-state index is 0.0627. The van der Waals surface area contributed by atoms with Crippen molar-refractivity contribution < 1.29 is 24.3 Å². The Labute approximate surface area is 208 Å². The van der Waals surface area contributed by atoms with Crippen LogP contribution in [0.25, 0.3) is 0 Å². The Bertz CT molecular complexity index is 1020. The fourth-order valence-electron chi connectivity index (χ4n) is 4.29. The van der Waals surface area contributed by atoms with E-state index in [1.165, 1.54) is 17.6 Å². The molecule has 1 fully saturated rings. The van der Waals surface area contributed by atoms with Gasteiger partial charge in [-0.05, 0) is 25.2 Å². The number of nitrogens with zero attached hydrogens (tertiary/aromatic N) is 3. The average Bonchev–Trinajstić information content (AvgIpc) is 3.59. The zero-order valence-electron chi connectivity index (χ0n) is 20.4. The van der Waals surface area contributed by atoms with Crippen LogP contribution in [-0.2, 0) is 32.0 Å². The first-order valence-electron chi connectivity index (χ1n) is 12.0. The monoisotopic (exact) mass is 502 g/mol. The molecule has 4 atom stereocenters. The molecule has 0 unspecified atom stereocenters. The molecule has 196 valence electrons. The van der Waals surface area contributed by atoms with Crippen LogP contribution >= 0.6 is 0 Å². The fourth-order valence-corrected chi connectivity index (χ4v) is 4.29. The van der Waals surface area contributed by atoms with Gasteiger partial charge >= 0.3 is 5.97 Å². The van der Waals surface area contributed by atoms with Gasteiger partial charge in [0.1, 0.15) is 18.1 Å². The van der Waals surface area contributed by atoms with Gasteiger partial charge in [0, 0.05) is 43.2 Å². The van der Waals surface area contributed by atoms with Crippen molar-refractivity contribution >= 4 is 23.7 Å². The van der Waals surface area contributed by atoms with E-state index >= 15 is 0 Å². The lowest BCUT2D eigenvalue weighted by Gasteiger charge is -2.30. The Morgan fingerprint density at radius 1 is 1.08 bits per heavy atom. The number of imidazole rings is 2. The van der Waals surface area contributed by atoms with Crippen molar-refractivity contribution in [1.29, 1.82) is 0 Å². The summed E-state index contributed by atoms with van der Waals surface area (Å²) in [5.74, 6) is -2.54. The normalized spacial score (nSPS) is 18.0. The molecule has 1 aliphatic rings. The first-order valence-corrected chi connectivity index (χ1v) is 12.0. The lowest BCUT2D eigenvalue weighted by molar-refractivity contribution is -0.145. The van der Waals surface area contributed by atoms with Crippen LogP contribution < -0.4 is 16.4 Å². The fraction of sp³-hybridized carbons (Fsp3) is 0.565. The molecule has 13 heteroatoms. The molecule has 1 aliphatic heterocycles. The number of aromatic amines is 2. The SMILES string of the molecule is CC(C)C[C@H](NC(=O)[C@@H]1CCCN1C(=O)[C@H](Cc1cnc[nH]1)NC(=O)[C@@H](N)Cc1cnc[nH]1)C(=O)O. The molecule has 36 heavy (non-hydrogen) atoms. The topological polar surface area (TPSA) is 199 Å². The quantitative estimate of drug-likeness (QED) is 0.219. The third-order valence-corrected chi connectivity index (χ3v) is 6.09. The molecular weight excluding hydrogens is 468 g/mol. The maximum absolute atomic E-state index is 13.6. The Balaban J connectivity index is 1.72. The number of carboxylic acid groups (broad SMARTS) is 1. The largest absolute Gasteiger partial charge is 0.480 e. The summed E-state index contributed by atoms with van der Waals surface area (Å²) in [4.78, 5) is 66.1. The molecule has 7 N–H and O–H groups in total. The predicted octanol–water partition coefficient (Wildman–Crippen LogP) is -0.663. The van der Waals surface area contributed by atoms with E-state index in [4.69, 9.17) is 5.73 Å². The molecular formula is C23H34N8O5. The van der Waals surface area contributed by atoms with E-state index < -0.39 is 47.9 Å². The van der Waals surface area contributed by atoms with Crippen LogP contribution in [0.15, 0.2) is 25.0 Å². The number of nitrogens with one attached hydrogen (secondary N) is 4. The lowest BCUT2D eigenvalue weighted by atomic mass is 10.0. The summed E-state index contributed by atoms with van der Waals surface area (Å²) in [6.07, 6.45) is 7.65. The van der Waals surface area contributed by atoms with E-state index in [1.54, 1.807) is 12.4 Å². The molecule has 1 saturated heterocycles. The summed E-state index contributed by atoms with van der Waals surface area (Å²) in [5, 5.41) is 14.8. The van der Waals surface area contributed by atoms with E-state index in [1.807, 2.05) is 13.8 Å². The van der Waals surface area contributed by atoms with Gasteiger partial charge in [0.05, 0.1) is 18.7 Å². The third kappa shape index (κ3) is 7.13. The number of aliphatic carboxylic acids is 1. The maximum atomic E-state index is 13.6. The van der Waals surface area contributed by atoms with E-state index in [9.17, 15) is 24.3 Å². The van der Waals surface area contributed by atoms with Crippen LogP contribution in [0.1, 0.15) is 44.5 Å². The van der Waals surface area contributed by atoms with Crippen molar-refractivity contribution in [3.63, 3.8) is 0 Å². The number of aromatic nitrogens is 4. The molecule has 3 amide bonds. The van der Waals surface area contributed by atoms with Crippen molar-refractivity contribution in [1.82, 2.24) is 35.5 Å². The van der Waals surface area contributed by atoms with Crippen molar-refractivity contribution in [2.45, 2.75) is 70.1 Å². The first kappa shape index (κ1) is 26.9. The molecule has 0 saturated carbocycles. The number of carbonyl (C=O) groups excluding carboxylic acids is 3. The molecule has 3 rings (SSSR count). The lowest BCUT2D eigenvalue weighted by Crippen LogP contribution is -2.57. The Morgan fingerprint density at radius 2 is 1.72 bits per heavy atom. The molecule has 2 aromatic rings. The van der Waals surface area contributed by atoms with E-state index in [0.717, 1.165) is 0 Å². The highest BCUT2D eigenvalue weighted by Crippen LogP contribution is 2.20. The molecule has 0 radical (unpaired) electrons. The number of carboxylic acids is 1. The summed E-state index contributed by atoms with van der Waals surface area (Å²) < 4.78 is 0. The van der Waals surface area contributed by atoms with Gasteiger partial charge < -0.3 is 36.3 Å². The van der Waals surface area contributed by atoms with E-state index in [-0.39, 0.29) is 25.2 Å². The summed E-state index contributed by atoms with van der Waals surface area (Å²) in [6.45, 7) is 4.05. The van der Waals surface area contributed by atoms with Gasteiger partial charge in [0.2, 0.25) is 17.7 Å². The van der Waals surface area contributed by atoms with Gasteiger partial charge in [0.25, 0.3) is 0 Å². The van der Waals surface area contributed by atoms with Crippen LogP contribution in [0.5, 0.6) is 0 Å². The predicted molar refractivity (Wildman–Crippen MR) is 128 cm³/mol. The summed E-state index contributed by atoms with van der Waals surface area (Å²) in [6, 6.07) is -3.79. The second-order valence-electron chi connectivity index (χ2n) is 9.45. The molecule has 0 bridgehead atoms. The molecule has 0 spiro atoms. The number of nitrogens with two attached hydrogens (primary N) is 1. The smallest absolute Gasteiger partial charge is 0.326 e.